The molecule has 32 heavy (non-hydrogen) atoms. The maximum atomic E-state index is 14.0. The highest BCUT2D eigenvalue weighted by molar-refractivity contribution is 7.14. The molecular formula is C24H18F3N3OS. The van der Waals surface area contributed by atoms with Gasteiger partial charge in [-0.15, -0.1) is 11.3 Å². The van der Waals surface area contributed by atoms with Crippen LogP contribution in [0.1, 0.15) is 17.5 Å². The second kappa shape index (κ2) is 7.43. The summed E-state index contributed by atoms with van der Waals surface area (Å²) in [5.74, 6) is 0. The van der Waals surface area contributed by atoms with E-state index in [4.69, 9.17) is 0 Å². The molecule has 0 saturated heterocycles. The van der Waals surface area contributed by atoms with Gasteiger partial charge in [0.15, 0.2) is 0 Å². The number of benzene rings is 3. The van der Waals surface area contributed by atoms with E-state index < -0.39 is 18.3 Å². The van der Waals surface area contributed by atoms with Crippen LogP contribution < -0.4 is 5.01 Å². The van der Waals surface area contributed by atoms with E-state index in [1.807, 2.05) is 61.5 Å². The first kappa shape index (κ1) is 20.7. The Kier molecular flexibility index (Phi) is 4.79. The van der Waals surface area contributed by atoms with Crippen molar-refractivity contribution >= 4 is 33.0 Å². The highest BCUT2D eigenvalue weighted by Crippen LogP contribution is 2.45. The van der Waals surface area contributed by atoms with Crippen LogP contribution in [-0.2, 0) is 0 Å². The van der Waals surface area contributed by atoms with Crippen molar-refractivity contribution in [2.24, 2.45) is 5.10 Å². The van der Waals surface area contributed by atoms with E-state index in [0.29, 0.717) is 16.3 Å². The van der Waals surface area contributed by atoms with Crippen LogP contribution in [0.5, 0.6) is 0 Å². The number of thiazole rings is 1. The number of nitrogens with zero attached hydrogens (tertiary/aromatic N) is 3. The lowest BCUT2D eigenvalue weighted by Crippen LogP contribution is -2.55. The molecule has 0 radical (unpaired) electrons. The summed E-state index contributed by atoms with van der Waals surface area (Å²) in [6.45, 7) is 1.95. The van der Waals surface area contributed by atoms with Gasteiger partial charge in [-0.3, -0.25) is 0 Å². The molecule has 0 spiro atoms. The Labute approximate surface area is 186 Å². The van der Waals surface area contributed by atoms with Gasteiger partial charge in [-0.1, -0.05) is 66.2 Å². The summed E-state index contributed by atoms with van der Waals surface area (Å²) in [7, 11) is 0. The fourth-order valence-corrected chi connectivity index (χ4v) is 4.56. The van der Waals surface area contributed by atoms with Crippen LogP contribution in [0.25, 0.3) is 22.0 Å². The number of halogens is 3. The van der Waals surface area contributed by atoms with Gasteiger partial charge in [0.1, 0.15) is 0 Å². The third-order valence-corrected chi connectivity index (χ3v) is 6.36. The minimum atomic E-state index is -4.93. The predicted molar refractivity (Wildman–Crippen MR) is 121 cm³/mol. The smallest absolute Gasteiger partial charge is 0.362 e. The molecular weight excluding hydrogens is 435 g/mol. The first-order chi connectivity index (χ1) is 15.2. The average molecular weight is 453 g/mol. The second-order valence-electron chi connectivity index (χ2n) is 7.79. The lowest BCUT2D eigenvalue weighted by molar-refractivity contribution is -0.254. The summed E-state index contributed by atoms with van der Waals surface area (Å²) in [6, 6.07) is 20.5. The molecule has 0 fully saturated rings. The zero-order chi connectivity index (χ0) is 22.5. The van der Waals surface area contributed by atoms with Crippen LogP contribution in [0.3, 0.4) is 0 Å². The van der Waals surface area contributed by atoms with Crippen LogP contribution >= 0.6 is 11.3 Å². The van der Waals surface area contributed by atoms with Crippen molar-refractivity contribution in [2.45, 2.75) is 25.2 Å². The third-order valence-electron chi connectivity index (χ3n) is 5.54. The van der Waals surface area contributed by atoms with Gasteiger partial charge in [0.2, 0.25) is 5.13 Å². The summed E-state index contributed by atoms with van der Waals surface area (Å²) in [5.41, 5.74) is -0.0988. The zero-order valence-corrected chi connectivity index (χ0v) is 17.8. The van der Waals surface area contributed by atoms with Crippen LogP contribution in [0, 0.1) is 6.92 Å². The first-order valence-corrected chi connectivity index (χ1v) is 10.8. The molecule has 2 heterocycles. The van der Waals surface area contributed by atoms with Gasteiger partial charge < -0.3 is 5.11 Å². The topological polar surface area (TPSA) is 48.7 Å². The molecule has 0 unspecified atom stereocenters. The Morgan fingerprint density at radius 3 is 2.38 bits per heavy atom. The molecule has 4 nitrogen and oxygen atoms in total. The first-order valence-electron chi connectivity index (χ1n) is 9.93. The van der Waals surface area contributed by atoms with Gasteiger partial charge in [-0.25, -0.2) is 4.98 Å². The van der Waals surface area contributed by atoms with E-state index in [2.05, 4.69) is 10.1 Å². The van der Waals surface area contributed by atoms with Crippen molar-refractivity contribution in [1.82, 2.24) is 4.98 Å². The Morgan fingerprint density at radius 1 is 0.969 bits per heavy atom. The molecule has 0 aliphatic carbocycles. The summed E-state index contributed by atoms with van der Waals surface area (Å²) in [5, 5.41) is 19.1. The van der Waals surface area contributed by atoms with E-state index in [1.54, 1.807) is 17.5 Å². The van der Waals surface area contributed by atoms with E-state index >= 15 is 0 Å². The standard InChI is InChI=1S/C24H18F3N3OS/c1-15-6-8-17(9-7-15)21-14-32-22(28-21)30-23(31,24(25,26)27)13-20(29-30)19-11-10-16-4-2-3-5-18(16)12-19/h2-12,14,31H,13H2,1H3/t23-/m1/s1. The fraction of sp³-hybridized carbons (Fsp3) is 0.167. The summed E-state index contributed by atoms with van der Waals surface area (Å²) in [4.78, 5) is 4.36. The molecule has 5 rings (SSSR count). The second-order valence-corrected chi connectivity index (χ2v) is 8.63. The van der Waals surface area contributed by atoms with E-state index in [0.717, 1.165) is 33.2 Å². The van der Waals surface area contributed by atoms with Crippen LogP contribution in [0.15, 0.2) is 77.2 Å². The number of alkyl halides is 3. The van der Waals surface area contributed by atoms with E-state index in [-0.39, 0.29) is 10.8 Å². The van der Waals surface area contributed by atoms with Crippen molar-refractivity contribution in [2.75, 3.05) is 5.01 Å². The molecule has 4 aromatic rings. The van der Waals surface area contributed by atoms with Crippen LogP contribution in [0.4, 0.5) is 18.3 Å². The van der Waals surface area contributed by atoms with Crippen LogP contribution in [0.2, 0.25) is 0 Å². The monoisotopic (exact) mass is 453 g/mol. The Balaban J connectivity index is 1.56. The van der Waals surface area contributed by atoms with Gasteiger partial charge in [0.25, 0.3) is 5.72 Å². The van der Waals surface area contributed by atoms with Crippen LogP contribution in [-0.4, -0.2) is 27.7 Å². The van der Waals surface area contributed by atoms with Gasteiger partial charge in [0.05, 0.1) is 17.8 Å². The zero-order valence-electron chi connectivity index (χ0n) is 17.0. The lowest BCUT2D eigenvalue weighted by Gasteiger charge is -2.32. The van der Waals surface area contributed by atoms with Crippen molar-refractivity contribution in [1.29, 1.82) is 0 Å². The Morgan fingerprint density at radius 2 is 1.66 bits per heavy atom. The summed E-state index contributed by atoms with van der Waals surface area (Å²) >= 11 is 1.01. The highest BCUT2D eigenvalue weighted by Gasteiger charge is 2.62. The highest BCUT2D eigenvalue weighted by atomic mass is 32.1. The third kappa shape index (κ3) is 3.45. The number of fused-ring (bicyclic) bond motifs is 1. The predicted octanol–water partition coefficient (Wildman–Crippen LogP) is 6.14. The number of rotatable bonds is 3. The van der Waals surface area contributed by atoms with Gasteiger partial charge in [0, 0.05) is 10.9 Å². The van der Waals surface area contributed by atoms with E-state index in [9.17, 15) is 18.3 Å². The quantitative estimate of drug-likeness (QED) is 0.406. The van der Waals surface area contributed by atoms with Crippen molar-refractivity contribution in [3.05, 3.63) is 83.2 Å². The number of hydrazone groups is 1. The molecule has 0 saturated carbocycles. The number of hydrogen-bond donors (Lipinski definition) is 1. The SMILES string of the molecule is Cc1ccc(-c2csc(N3N=C(c4ccc5ccccc5c4)C[C@@]3(O)C(F)(F)F)n2)cc1. The van der Waals surface area contributed by atoms with Gasteiger partial charge in [-0.05, 0) is 29.3 Å². The number of aryl methyl sites for hydroxylation is 1. The van der Waals surface area contributed by atoms with Crippen molar-refractivity contribution in [3.63, 3.8) is 0 Å². The van der Waals surface area contributed by atoms with Crippen molar-refractivity contribution in [3.8, 4) is 11.3 Å². The molecule has 3 aromatic carbocycles. The van der Waals surface area contributed by atoms with Gasteiger partial charge in [-0.2, -0.15) is 23.3 Å². The molecule has 1 aliphatic heterocycles. The molecule has 1 aromatic heterocycles. The summed E-state index contributed by atoms with van der Waals surface area (Å²) < 4.78 is 42.0. The minimum Gasteiger partial charge on any atom is -0.362 e. The molecule has 162 valence electrons. The van der Waals surface area contributed by atoms with Gasteiger partial charge >= 0.3 is 6.18 Å². The molecule has 0 amide bonds. The van der Waals surface area contributed by atoms with E-state index in [1.165, 1.54) is 0 Å². The minimum absolute atomic E-state index is 0.0174. The Bertz CT molecular complexity index is 1330. The largest absolute Gasteiger partial charge is 0.438 e. The average Bonchev–Trinajstić information content (AvgIpc) is 3.39. The number of aliphatic hydroxyl groups is 1. The maximum Gasteiger partial charge on any atom is 0.438 e. The maximum absolute atomic E-state index is 14.0. The fourth-order valence-electron chi connectivity index (χ4n) is 3.72. The normalized spacial score (nSPS) is 18.9. The molecule has 1 aliphatic rings. The number of hydrogen-bond acceptors (Lipinski definition) is 5. The molecule has 8 heteroatoms. The number of aromatic nitrogens is 1. The molecule has 1 atom stereocenters. The number of anilines is 1. The molecule has 1 N–H and O–H groups in total. The van der Waals surface area contributed by atoms with Crippen molar-refractivity contribution < 1.29 is 18.3 Å². The summed E-state index contributed by atoms with van der Waals surface area (Å²) in [6.07, 6.45) is -5.61. The Hall–Kier alpha value is -3.23. The lowest BCUT2D eigenvalue weighted by atomic mass is 9.98. The molecule has 0 bridgehead atoms.